The van der Waals surface area contributed by atoms with Gasteiger partial charge in [-0.25, -0.2) is 12.6 Å². The van der Waals surface area contributed by atoms with Crippen molar-refractivity contribution in [3.05, 3.63) is 83.4 Å². The second-order valence-corrected chi connectivity index (χ2v) is 15.1. The number of hydrogen-bond acceptors (Lipinski definition) is 15. The van der Waals surface area contributed by atoms with Gasteiger partial charge in [0.25, 0.3) is 10.1 Å². The van der Waals surface area contributed by atoms with Crippen molar-refractivity contribution in [2.45, 2.75) is 45.4 Å². The summed E-state index contributed by atoms with van der Waals surface area (Å²) in [7, 11) is -14.4. The zero-order valence-electron chi connectivity index (χ0n) is 26.0. The quantitative estimate of drug-likeness (QED) is 0.0684. The fourth-order valence-corrected chi connectivity index (χ4v) is 6.92. The molecule has 0 unspecified atom stereocenters. The van der Waals surface area contributed by atoms with Crippen LogP contribution in [0.15, 0.2) is 80.7 Å². The number of aromatic nitrogens is 3. The van der Waals surface area contributed by atoms with E-state index in [0.717, 1.165) is 41.5 Å². The standard InChI is InChI=1S/C29H26FN7O10S3.2CH4/c1-15-10-18-13-23(49(41,42)43)25(37-36-19-6-8-21(9-7-19)48(39,40)14-47-50(44,45)46)26(38)24(18)22(11-15)32-29-34-27(30)33-28(35-29)31-20-5-4-16(2)17(3)12-20;;/h4-13,38H,14H2,1-3H3,(H,41,42,43)(H,44,45,46)(H2,31,32,33,34,35);2*1H4. The van der Waals surface area contributed by atoms with Gasteiger partial charge in [-0.05, 0) is 91.4 Å². The minimum atomic E-state index is -5.03. The van der Waals surface area contributed by atoms with Gasteiger partial charge in [0, 0.05) is 11.1 Å². The third-order valence-corrected chi connectivity index (χ3v) is 9.85. The monoisotopic (exact) mass is 779 g/mol. The molecule has 0 bridgehead atoms. The fourth-order valence-electron chi connectivity index (χ4n) is 4.58. The van der Waals surface area contributed by atoms with E-state index in [2.05, 4.69) is 40.0 Å². The summed E-state index contributed by atoms with van der Waals surface area (Å²) in [4.78, 5) is 10.3. The molecule has 4 aromatic carbocycles. The lowest BCUT2D eigenvalue weighted by Gasteiger charge is -2.15. The van der Waals surface area contributed by atoms with Gasteiger partial charge < -0.3 is 15.7 Å². The molecular formula is C31H34FN7O10S3. The Hall–Kier alpha value is -5.19. The second kappa shape index (κ2) is 15.6. The highest BCUT2D eigenvalue weighted by molar-refractivity contribution is 7.92. The summed E-state index contributed by atoms with van der Waals surface area (Å²) in [5.41, 5.74) is 2.46. The van der Waals surface area contributed by atoms with Crippen molar-refractivity contribution < 1.29 is 48.0 Å². The van der Waals surface area contributed by atoms with Gasteiger partial charge >= 0.3 is 16.5 Å². The molecule has 0 radical (unpaired) electrons. The second-order valence-electron chi connectivity index (χ2n) is 10.7. The number of aryl methyl sites for hydroxylation is 3. The number of anilines is 4. The van der Waals surface area contributed by atoms with E-state index in [9.17, 15) is 39.3 Å². The van der Waals surface area contributed by atoms with E-state index in [0.29, 0.717) is 11.3 Å². The summed E-state index contributed by atoms with van der Waals surface area (Å²) in [5.74, 6) is -2.58. The van der Waals surface area contributed by atoms with Crippen LogP contribution >= 0.6 is 0 Å². The van der Waals surface area contributed by atoms with Crippen molar-refractivity contribution in [2.75, 3.05) is 16.6 Å². The number of nitrogens with zero attached hydrogens (tertiary/aromatic N) is 5. The van der Waals surface area contributed by atoms with Crippen LogP contribution in [0.2, 0.25) is 0 Å². The highest BCUT2D eigenvalue weighted by Crippen LogP contribution is 2.45. The number of nitrogens with one attached hydrogen (secondary N) is 2. The summed E-state index contributed by atoms with van der Waals surface area (Å²) >= 11 is 0. The van der Waals surface area contributed by atoms with Crippen LogP contribution in [0.4, 0.5) is 39.0 Å². The summed E-state index contributed by atoms with van der Waals surface area (Å²) in [6.45, 7) is 5.48. The summed E-state index contributed by atoms with van der Waals surface area (Å²) in [5, 5.41) is 24.8. The van der Waals surface area contributed by atoms with Crippen LogP contribution in [0.1, 0.15) is 31.5 Å². The Balaban J connectivity index is 0.00000364. The number of hydrogen-bond donors (Lipinski definition) is 5. The molecule has 0 fully saturated rings. The van der Waals surface area contributed by atoms with Gasteiger partial charge in [0.05, 0.1) is 16.3 Å². The maximum atomic E-state index is 14.5. The third kappa shape index (κ3) is 9.77. The Bertz CT molecular complexity index is 2520. The van der Waals surface area contributed by atoms with E-state index in [1.807, 2.05) is 26.0 Å². The molecule has 1 heterocycles. The minimum absolute atomic E-state index is 0. The number of phenols is 1. The first-order valence-corrected chi connectivity index (χ1v) is 18.4. The zero-order chi connectivity index (χ0) is 36.6. The van der Waals surface area contributed by atoms with Gasteiger partial charge in [-0.2, -0.15) is 41.3 Å². The van der Waals surface area contributed by atoms with Crippen molar-refractivity contribution in [1.82, 2.24) is 15.0 Å². The number of benzene rings is 4. The number of fused-ring (bicyclic) bond motifs is 1. The molecule has 5 aromatic rings. The molecule has 278 valence electrons. The molecule has 21 heteroatoms. The number of sulfone groups is 1. The fraction of sp³-hybridized carbons (Fsp3) is 0.194. The molecule has 0 aliphatic heterocycles. The predicted octanol–water partition coefficient (Wildman–Crippen LogP) is 6.77. The van der Waals surface area contributed by atoms with Crippen molar-refractivity contribution in [1.29, 1.82) is 0 Å². The molecule has 0 aliphatic carbocycles. The Kier molecular flexibility index (Phi) is 12.4. The normalized spacial score (nSPS) is 12.0. The number of phenolic OH excluding ortho intramolecular Hbond substituents is 1. The first-order valence-electron chi connectivity index (χ1n) is 14.0. The lowest BCUT2D eigenvalue weighted by molar-refractivity contribution is 0.306. The van der Waals surface area contributed by atoms with Crippen LogP contribution in [-0.4, -0.2) is 60.4 Å². The van der Waals surface area contributed by atoms with E-state index in [4.69, 9.17) is 4.55 Å². The van der Waals surface area contributed by atoms with Gasteiger partial charge in [0.15, 0.2) is 11.7 Å². The Morgan fingerprint density at radius 3 is 2.02 bits per heavy atom. The van der Waals surface area contributed by atoms with Crippen LogP contribution in [0.25, 0.3) is 10.8 Å². The summed E-state index contributed by atoms with van der Waals surface area (Å²) in [6.07, 6.45) is -1.14. The van der Waals surface area contributed by atoms with Gasteiger partial charge in [-0.3, -0.25) is 9.11 Å². The van der Waals surface area contributed by atoms with Gasteiger partial charge in [0.2, 0.25) is 21.7 Å². The number of azo groups is 1. The summed E-state index contributed by atoms with van der Waals surface area (Å²) in [6, 6.07) is 13.7. The predicted molar refractivity (Wildman–Crippen MR) is 191 cm³/mol. The van der Waals surface area contributed by atoms with Crippen LogP contribution < -0.4 is 10.6 Å². The van der Waals surface area contributed by atoms with E-state index in [1.165, 1.54) is 12.1 Å². The number of halogens is 1. The van der Waals surface area contributed by atoms with Crippen molar-refractivity contribution in [3.8, 4) is 5.75 Å². The van der Waals surface area contributed by atoms with Crippen LogP contribution in [0, 0.1) is 26.8 Å². The molecule has 0 saturated heterocycles. The molecule has 5 N–H and O–H groups in total. The largest absolute Gasteiger partial charge is 0.505 e. The Labute approximate surface area is 299 Å². The van der Waals surface area contributed by atoms with Crippen molar-refractivity contribution >= 4 is 75.8 Å². The molecule has 17 nitrogen and oxygen atoms in total. The molecule has 52 heavy (non-hydrogen) atoms. The average Bonchev–Trinajstić information content (AvgIpc) is 3.00. The molecule has 1 aromatic heterocycles. The van der Waals surface area contributed by atoms with E-state index in [-0.39, 0.29) is 48.9 Å². The lowest BCUT2D eigenvalue weighted by Crippen LogP contribution is -2.14. The van der Waals surface area contributed by atoms with Crippen molar-refractivity contribution in [2.24, 2.45) is 10.2 Å². The molecule has 5 rings (SSSR count). The van der Waals surface area contributed by atoms with Crippen LogP contribution in [-0.2, 0) is 34.5 Å². The SMILES string of the molecule is C.C.Cc1cc(Nc2nc(F)nc(Nc3ccc(C)c(C)c3)n2)c2c(O)c(N=Nc3ccc(S(=O)(=O)COS(=O)(=O)O)cc3)c(S(=O)(=O)O)cc2c1. The molecule has 0 saturated carbocycles. The average molecular weight is 780 g/mol. The first kappa shape index (κ1) is 41.2. The number of aromatic hydroxyl groups is 1. The maximum absolute atomic E-state index is 14.5. The smallest absolute Gasteiger partial charge is 0.398 e. The van der Waals surface area contributed by atoms with E-state index >= 15 is 0 Å². The van der Waals surface area contributed by atoms with Gasteiger partial charge in [0.1, 0.15) is 10.6 Å². The van der Waals surface area contributed by atoms with Gasteiger partial charge in [-0.1, -0.05) is 27.0 Å². The number of rotatable bonds is 11. The maximum Gasteiger partial charge on any atom is 0.398 e. The molecule has 0 amide bonds. The van der Waals surface area contributed by atoms with E-state index in [1.54, 1.807) is 13.0 Å². The van der Waals surface area contributed by atoms with Crippen molar-refractivity contribution in [3.63, 3.8) is 0 Å². The van der Waals surface area contributed by atoms with Crippen LogP contribution in [0.5, 0.6) is 5.75 Å². The minimum Gasteiger partial charge on any atom is -0.505 e. The van der Waals surface area contributed by atoms with E-state index < -0.39 is 63.6 Å². The zero-order valence-corrected chi connectivity index (χ0v) is 28.5. The molecule has 0 spiro atoms. The topological polar surface area (TPSA) is 260 Å². The molecule has 0 atom stereocenters. The Morgan fingerprint density at radius 1 is 0.788 bits per heavy atom. The molecule has 0 aliphatic rings. The highest BCUT2D eigenvalue weighted by Gasteiger charge is 2.25. The first-order chi connectivity index (χ1) is 23.3. The third-order valence-electron chi connectivity index (χ3n) is 7.00. The highest BCUT2D eigenvalue weighted by atomic mass is 32.3. The van der Waals surface area contributed by atoms with Crippen LogP contribution in [0.3, 0.4) is 0 Å². The Morgan fingerprint density at radius 2 is 1.42 bits per heavy atom. The lowest BCUT2D eigenvalue weighted by atomic mass is 10.0. The molecular weight excluding hydrogens is 746 g/mol. The summed E-state index contributed by atoms with van der Waals surface area (Å²) < 4.78 is 108. The van der Waals surface area contributed by atoms with Gasteiger partial charge in [-0.15, -0.1) is 5.11 Å².